The Hall–Kier alpha value is 0.0300. The number of thioether (sulfide) groups is 1. The molecular weight excluding hydrogens is 306 g/mol. The molecule has 2 saturated heterocycles. The lowest BCUT2D eigenvalue weighted by atomic mass is 10.2. The van der Waals surface area contributed by atoms with Gasteiger partial charge in [-0.3, -0.25) is 4.79 Å². The molecule has 6 heteroatoms. The molecule has 1 amide bonds. The van der Waals surface area contributed by atoms with E-state index in [1.54, 1.807) is 0 Å². The van der Waals surface area contributed by atoms with E-state index in [9.17, 15) is 4.79 Å². The summed E-state index contributed by atoms with van der Waals surface area (Å²) >= 11 is 2.09. The summed E-state index contributed by atoms with van der Waals surface area (Å²) in [7, 11) is 0. The molecule has 0 saturated carbocycles. The van der Waals surface area contributed by atoms with E-state index in [1.165, 1.54) is 38.1 Å². The number of nitrogens with zero attached hydrogens (tertiary/aromatic N) is 2. The molecule has 21 heavy (non-hydrogen) atoms. The molecule has 0 bridgehead atoms. The van der Waals surface area contributed by atoms with Gasteiger partial charge in [0.15, 0.2) is 0 Å². The molecular formula is C15H30ClN3OS. The Morgan fingerprint density at radius 3 is 2.71 bits per heavy atom. The minimum absolute atomic E-state index is 0. The normalized spacial score (nSPS) is 24.2. The highest BCUT2D eigenvalue weighted by Crippen LogP contribution is 2.22. The van der Waals surface area contributed by atoms with E-state index in [0.29, 0.717) is 12.3 Å². The molecule has 0 aromatic rings. The van der Waals surface area contributed by atoms with Crippen LogP contribution < -0.4 is 5.32 Å². The number of piperazine rings is 1. The number of amides is 1. The molecule has 2 heterocycles. The number of halogens is 1. The molecule has 1 N–H and O–H groups in total. The van der Waals surface area contributed by atoms with Gasteiger partial charge in [0.2, 0.25) is 5.91 Å². The minimum atomic E-state index is 0. The van der Waals surface area contributed by atoms with E-state index in [0.717, 1.165) is 38.0 Å². The molecule has 0 spiro atoms. The van der Waals surface area contributed by atoms with Crippen molar-refractivity contribution in [2.45, 2.75) is 37.9 Å². The van der Waals surface area contributed by atoms with Gasteiger partial charge in [-0.05, 0) is 25.1 Å². The second-order valence-corrected chi connectivity index (χ2v) is 7.33. The van der Waals surface area contributed by atoms with Gasteiger partial charge in [0.05, 0.1) is 0 Å². The van der Waals surface area contributed by atoms with E-state index >= 15 is 0 Å². The number of hydrogen-bond acceptors (Lipinski definition) is 4. The quantitative estimate of drug-likeness (QED) is 0.831. The molecule has 0 radical (unpaired) electrons. The molecule has 0 aliphatic carbocycles. The van der Waals surface area contributed by atoms with Gasteiger partial charge in [-0.25, -0.2) is 0 Å². The van der Waals surface area contributed by atoms with Crippen LogP contribution in [0.15, 0.2) is 0 Å². The van der Waals surface area contributed by atoms with Gasteiger partial charge in [0.1, 0.15) is 0 Å². The number of carbonyl (C=O) groups excluding carboxylic acids is 1. The van der Waals surface area contributed by atoms with Crippen molar-refractivity contribution in [3.63, 3.8) is 0 Å². The summed E-state index contributed by atoms with van der Waals surface area (Å²) in [6, 6.07) is 0. The average molecular weight is 336 g/mol. The van der Waals surface area contributed by atoms with Gasteiger partial charge < -0.3 is 15.1 Å². The lowest BCUT2D eigenvalue weighted by Crippen LogP contribution is -2.47. The van der Waals surface area contributed by atoms with E-state index in [1.807, 2.05) is 4.90 Å². The molecule has 1 atom stereocenters. The first kappa shape index (κ1) is 19.1. The first-order chi connectivity index (χ1) is 9.79. The van der Waals surface area contributed by atoms with Crippen molar-refractivity contribution >= 4 is 30.1 Å². The molecule has 0 aromatic heterocycles. The summed E-state index contributed by atoms with van der Waals surface area (Å²) in [6.07, 6.45) is 4.69. The van der Waals surface area contributed by atoms with Crippen LogP contribution in [-0.4, -0.2) is 72.5 Å². The van der Waals surface area contributed by atoms with Crippen molar-refractivity contribution in [2.75, 3.05) is 51.6 Å². The number of likely N-dealkylation sites (tertiary alicyclic amines) is 1. The summed E-state index contributed by atoms with van der Waals surface area (Å²) in [4.78, 5) is 16.7. The van der Waals surface area contributed by atoms with E-state index in [2.05, 4.69) is 28.9 Å². The topological polar surface area (TPSA) is 35.6 Å². The Kier molecular flexibility index (Phi) is 9.73. The highest BCUT2D eigenvalue weighted by Gasteiger charge is 2.20. The first-order valence-electron chi connectivity index (χ1n) is 8.12. The van der Waals surface area contributed by atoms with E-state index in [-0.39, 0.29) is 12.4 Å². The van der Waals surface area contributed by atoms with Gasteiger partial charge in [-0.2, -0.15) is 11.8 Å². The van der Waals surface area contributed by atoms with Gasteiger partial charge in [-0.1, -0.05) is 13.3 Å². The molecule has 4 nitrogen and oxygen atoms in total. The van der Waals surface area contributed by atoms with Crippen molar-refractivity contribution < 1.29 is 4.79 Å². The van der Waals surface area contributed by atoms with Crippen molar-refractivity contribution in [1.29, 1.82) is 0 Å². The van der Waals surface area contributed by atoms with Crippen LogP contribution in [0.2, 0.25) is 0 Å². The van der Waals surface area contributed by atoms with Crippen molar-refractivity contribution in [1.82, 2.24) is 15.1 Å². The molecule has 124 valence electrons. The monoisotopic (exact) mass is 335 g/mol. The van der Waals surface area contributed by atoms with Crippen LogP contribution in [0.3, 0.4) is 0 Å². The average Bonchev–Trinajstić information content (AvgIpc) is 2.71. The third-order valence-corrected chi connectivity index (χ3v) is 5.42. The molecule has 2 aliphatic rings. The first-order valence-corrected chi connectivity index (χ1v) is 9.17. The molecule has 0 aromatic carbocycles. The number of hydrogen-bond donors (Lipinski definition) is 1. The Bertz CT molecular complexity index is 301. The second-order valence-electron chi connectivity index (χ2n) is 5.75. The maximum Gasteiger partial charge on any atom is 0.223 e. The summed E-state index contributed by atoms with van der Waals surface area (Å²) in [6.45, 7) is 9.20. The van der Waals surface area contributed by atoms with Crippen molar-refractivity contribution in [3.8, 4) is 0 Å². The number of rotatable bonds is 5. The van der Waals surface area contributed by atoms with E-state index in [4.69, 9.17) is 0 Å². The van der Waals surface area contributed by atoms with Crippen LogP contribution in [0.1, 0.15) is 32.6 Å². The van der Waals surface area contributed by atoms with Gasteiger partial charge >= 0.3 is 0 Å². The predicted octanol–water partition coefficient (Wildman–Crippen LogP) is 1.84. The third-order valence-electron chi connectivity index (χ3n) is 4.23. The summed E-state index contributed by atoms with van der Waals surface area (Å²) in [5.41, 5.74) is 0. The molecule has 2 rings (SSSR count). The largest absolute Gasteiger partial charge is 0.340 e. The smallest absolute Gasteiger partial charge is 0.223 e. The van der Waals surface area contributed by atoms with Crippen LogP contribution >= 0.6 is 24.2 Å². The Labute approximate surface area is 139 Å². The summed E-state index contributed by atoms with van der Waals surface area (Å²) in [5, 5.41) is 4.07. The zero-order valence-corrected chi connectivity index (χ0v) is 14.8. The number of carbonyl (C=O) groups is 1. The van der Waals surface area contributed by atoms with Crippen LogP contribution in [0.25, 0.3) is 0 Å². The van der Waals surface area contributed by atoms with Gasteiger partial charge in [0.25, 0.3) is 0 Å². The fraction of sp³-hybridized carbons (Fsp3) is 0.933. The maximum atomic E-state index is 12.2. The fourth-order valence-corrected chi connectivity index (χ4v) is 4.20. The third kappa shape index (κ3) is 6.76. The van der Waals surface area contributed by atoms with Crippen LogP contribution in [0.5, 0.6) is 0 Å². The van der Waals surface area contributed by atoms with Gasteiger partial charge in [-0.15, -0.1) is 12.4 Å². The SMILES string of the molecule is CCSC1CCCCN(CCC(=O)N2CCNCC2)C1.Cl. The highest BCUT2D eigenvalue weighted by atomic mass is 35.5. The lowest BCUT2D eigenvalue weighted by molar-refractivity contribution is -0.132. The predicted molar refractivity (Wildman–Crippen MR) is 93.5 cm³/mol. The Morgan fingerprint density at radius 2 is 2.00 bits per heavy atom. The van der Waals surface area contributed by atoms with Gasteiger partial charge in [0, 0.05) is 50.9 Å². The fourth-order valence-electron chi connectivity index (χ4n) is 3.08. The van der Waals surface area contributed by atoms with Crippen molar-refractivity contribution in [2.24, 2.45) is 0 Å². The zero-order chi connectivity index (χ0) is 14.2. The van der Waals surface area contributed by atoms with Crippen LogP contribution in [0, 0.1) is 0 Å². The Balaban J connectivity index is 0.00000220. The molecule has 1 unspecified atom stereocenters. The highest BCUT2D eigenvalue weighted by molar-refractivity contribution is 7.99. The van der Waals surface area contributed by atoms with E-state index < -0.39 is 0 Å². The second kappa shape index (κ2) is 10.7. The molecule has 2 aliphatic heterocycles. The number of nitrogens with one attached hydrogen (secondary N) is 1. The molecule has 2 fully saturated rings. The maximum absolute atomic E-state index is 12.2. The standard InChI is InChI=1S/C15H29N3OS.ClH/c1-2-20-14-5-3-4-9-17(13-14)10-6-15(19)18-11-7-16-8-12-18;/h14,16H,2-13H2,1H3;1H. The van der Waals surface area contributed by atoms with Crippen molar-refractivity contribution in [3.05, 3.63) is 0 Å². The minimum Gasteiger partial charge on any atom is -0.340 e. The Morgan fingerprint density at radius 1 is 1.24 bits per heavy atom. The lowest BCUT2D eigenvalue weighted by Gasteiger charge is -2.29. The van der Waals surface area contributed by atoms with Crippen LogP contribution in [-0.2, 0) is 4.79 Å². The zero-order valence-electron chi connectivity index (χ0n) is 13.2. The van der Waals surface area contributed by atoms with Crippen LogP contribution in [0.4, 0.5) is 0 Å². The summed E-state index contributed by atoms with van der Waals surface area (Å²) < 4.78 is 0. The summed E-state index contributed by atoms with van der Waals surface area (Å²) in [5.74, 6) is 1.55.